The van der Waals surface area contributed by atoms with Gasteiger partial charge in [0.2, 0.25) is 0 Å². The lowest BCUT2D eigenvalue weighted by Crippen LogP contribution is -2.32. The highest BCUT2D eigenvalue weighted by molar-refractivity contribution is 7.46. The van der Waals surface area contributed by atoms with Gasteiger partial charge in [-0.1, -0.05) is 0 Å². The summed E-state index contributed by atoms with van der Waals surface area (Å²) in [5.41, 5.74) is 0. The van der Waals surface area contributed by atoms with E-state index >= 15 is 0 Å². The monoisotopic (exact) mass is 195 g/mol. The van der Waals surface area contributed by atoms with Crippen molar-refractivity contribution in [1.82, 2.24) is 5.32 Å². The van der Waals surface area contributed by atoms with E-state index in [1.54, 1.807) is 0 Å². The fraction of sp³-hybridized carbons (Fsp3) is 1.00. The van der Waals surface area contributed by atoms with Crippen molar-refractivity contribution in [3.05, 3.63) is 0 Å². The van der Waals surface area contributed by atoms with E-state index in [1.165, 1.54) is 0 Å². The van der Waals surface area contributed by atoms with Gasteiger partial charge in [-0.25, -0.2) is 4.57 Å². The van der Waals surface area contributed by atoms with Gasteiger partial charge < -0.3 is 15.1 Å². The van der Waals surface area contributed by atoms with E-state index in [4.69, 9.17) is 9.79 Å². The van der Waals surface area contributed by atoms with Crippen LogP contribution in [0.15, 0.2) is 0 Å². The van der Waals surface area contributed by atoms with E-state index < -0.39 is 7.82 Å². The molecule has 6 heteroatoms. The summed E-state index contributed by atoms with van der Waals surface area (Å²) < 4.78 is 14.7. The van der Waals surface area contributed by atoms with Crippen molar-refractivity contribution in [1.29, 1.82) is 0 Å². The van der Waals surface area contributed by atoms with Crippen LogP contribution in [0.4, 0.5) is 0 Å². The van der Waals surface area contributed by atoms with Crippen molar-refractivity contribution >= 4 is 7.82 Å². The van der Waals surface area contributed by atoms with Crippen LogP contribution in [0.3, 0.4) is 0 Å². The fourth-order valence-corrected chi connectivity index (χ4v) is 1.67. The van der Waals surface area contributed by atoms with E-state index in [9.17, 15) is 4.57 Å². The molecule has 72 valence electrons. The Kier molecular flexibility index (Phi) is 3.68. The summed E-state index contributed by atoms with van der Waals surface area (Å²) in [5.74, 6) is 0.242. The lowest BCUT2D eigenvalue weighted by Gasteiger charge is -2.22. The number of rotatable bonds is 3. The second-order valence-corrected chi connectivity index (χ2v) is 4.24. The average Bonchev–Trinajstić information content (AvgIpc) is 2.02. The van der Waals surface area contributed by atoms with Crippen LogP contribution < -0.4 is 5.32 Å². The van der Waals surface area contributed by atoms with E-state index in [1.807, 2.05) is 0 Å². The summed E-state index contributed by atoms with van der Waals surface area (Å²) >= 11 is 0. The maximum atomic E-state index is 10.3. The lowest BCUT2D eigenvalue weighted by atomic mass is 10.0. The van der Waals surface area contributed by atoms with Crippen LogP contribution in [-0.2, 0) is 9.09 Å². The van der Waals surface area contributed by atoms with E-state index in [2.05, 4.69) is 9.84 Å². The number of nitrogens with one attached hydrogen (secondary N) is 1. The first-order valence-electron chi connectivity index (χ1n) is 3.99. The zero-order valence-electron chi connectivity index (χ0n) is 6.77. The first-order valence-corrected chi connectivity index (χ1v) is 5.52. The van der Waals surface area contributed by atoms with Crippen LogP contribution in [0.2, 0.25) is 0 Å². The van der Waals surface area contributed by atoms with Gasteiger partial charge in [0.25, 0.3) is 0 Å². The van der Waals surface area contributed by atoms with Crippen LogP contribution in [0.25, 0.3) is 0 Å². The highest BCUT2D eigenvalue weighted by atomic mass is 31.2. The third kappa shape index (κ3) is 4.18. The molecule has 1 heterocycles. The molecule has 12 heavy (non-hydrogen) atoms. The first kappa shape index (κ1) is 10.2. The molecule has 1 fully saturated rings. The van der Waals surface area contributed by atoms with Gasteiger partial charge >= 0.3 is 7.82 Å². The molecule has 1 atom stereocenters. The number of piperidine rings is 1. The van der Waals surface area contributed by atoms with Crippen molar-refractivity contribution in [2.75, 3.05) is 19.7 Å². The van der Waals surface area contributed by atoms with Crippen molar-refractivity contribution in [3.63, 3.8) is 0 Å². The summed E-state index contributed by atoms with van der Waals surface area (Å²) in [6, 6.07) is 0. The summed E-state index contributed by atoms with van der Waals surface area (Å²) in [6.45, 7) is 1.93. The van der Waals surface area contributed by atoms with Gasteiger partial charge in [0, 0.05) is 6.54 Å². The summed E-state index contributed by atoms with van der Waals surface area (Å²) in [6.07, 6.45) is 2.03. The van der Waals surface area contributed by atoms with Gasteiger partial charge in [-0.15, -0.1) is 0 Å². The second-order valence-electron chi connectivity index (χ2n) is 3.00. The zero-order valence-corrected chi connectivity index (χ0v) is 7.67. The third-order valence-electron chi connectivity index (χ3n) is 1.88. The largest absolute Gasteiger partial charge is 0.469 e. The van der Waals surface area contributed by atoms with Gasteiger partial charge in [-0.2, -0.15) is 0 Å². The van der Waals surface area contributed by atoms with Gasteiger partial charge in [0.1, 0.15) is 0 Å². The Bertz CT molecular complexity index is 174. The maximum absolute atomic E-state index is 10.3. The van der Waals surface area contributed by atoms with Crippen molar-refractivity contribution in [2.24, 2.45) is 5.92 Å². The third-order valence-corrected chi connectivity index (χ3v) is 2.36. The van der Waals surface area contributed by atoms with Crippen molar-refractivity contribution in [3.8, 4) is 0 Å². The SMILES string of the molecule is O=P(O)(O)OCC1CCCNC1. The van der Waals surface area contributed by atoms with Gasteiger partial charge in [0.15, 0.2) is 0 Å². The molecule has 0 saturated carbocycles. The predicted molar refractivity (Wildman–Crippen MR) is 43.6 cm³/mol. The quantitative estimate of drug-likeness (QED) is 0.556. The van der Waals surface area contributed by atoms with Crippen molar-refractivity contribution in [2.45, 2.75) is 12.8 Å². The van der Waals surface area contributed by atoms with Crippen LogP contribution in [0, 0.1) is 5.92 Å². The second kappa shape index (κ2) is 4.35. The van der Waals surface area contributed by atoms with Crippen LogP contribution >= 0.6 is 7.82 Å². The molecule has 0 amide bonds. The smallest absolute Gasteiger partial charge is 0.316 e. The molecule has 1 unspecified atom stereocenters. The molecule has 0 aromatic rings. The molecule has 1 aliphatic heterocycles. The molecule has 0 radical (unpaired) electrons. The fourth-order valence-electron chi connectivity index (χ4n) is 1.27. The average molecular weight is 195 g/mol. The number of phosphoric acid groups is 1. The Balaban J connectivity index is 2.17. The maximum Gasteiger partial charge on any atom is 0.469 e. The normalized spacial score (nSPS) is 25.7. The molecular formula is C6H14NO4P. The Hall–Kier alpha value is 0.0700. The minimum Gasteiger partial charge on any atom is -0.316 e. The summed E-state index contributed by atoms with van der Waals surface area (Å²) in [7, 11) is -4.26. The molecule has 0 aromatic heterocycles. The minimum absolute atomic E-state index is 0.150. The standard InChI is InChI=1S/C6H14NO4P/c8-12(9,10)11-5-6-2-1-3-7-4-6/h6-7H,1-5H2,(H2,8,9,10). The van der Waals surface area contributed by atoms with Gasteiger partial charge in [0.05, 0.1) is 6.61 Å². The molecule has 5 nitrogen and oxygen atoms in total. The predicted octanol–water partition coefficient (Wildman–Crippen LogP) is 0.0953. The minimum atomic E-state index is -4.26. The number of hydrogen-bond donors (Lipinski definition) is 3. The number of hydrogen-bond acceptors (Lipinski definition) is 3. The van der Waals surface area contributed by atoms with Crippen molar-refractivity contribution < 1.29 is 18.9 Å². The van der Waals surface area contributed by atoms with E-state index in [0.29, 0.717) is 0 Å². The Morgan fingerprint density at radius 3 is 2.83 bits per heavy atom. The first-order chi connectivity index (χ1) is 5.58. The van der Waals surface area contributed by atoms with E-state index in [0.717, 1.165) is 25.9 Å². The lowest BCUT2D eigenvalue weighted by molar-refractivity contribution is 0.155. The van der Waals surface area contributed by atoms with Gasteiger partial charge in [-0.3, -0.25) is 4.52 Å². The highest BCUT2D eigenvalue weighted by Crippen LogP contribution is 2.36. The van der Waals surface area contributed by atoms with Gasteiger partial charge in [-0.05, 0) is 25.3 Å². The highest BCUT2D eigenvalue weighted by Gasteiger charge is 2.19. The Labute approximate surface area is 71.4 Å². The van der Waals surface area contributed by atoms with Crippen LogP contribution in [0.5, 0.6) is 0 Å². The molecule has 0 spiro atoms. The molecule has 1 aliphatic rings. The Morgan fingerprint density at radius 1 is 1.58 bits per heavy atom. The molecule has 0 aromatic carbocycles. The molecule has 1 saturated heterocycles. The molecule has 3 N–H and O–H groups in total. The van der Waals surface area contributed by atoms with Crippen LogP contribution in [-0.4, -0.2) is 29.5 Å². The molecule has 0 bridgehead atoms. The molecular weight excluding hydrogens is 181 g/mol. The topological polar surface area (TPSA) is 78.8 Å². The zero-order chi connectivity index (χ0) is 9.03. The summed E-state index contributed by atoms with van der Waals surface area (Å²) in [5, 5.41) is 3.14. The molecule has 0 aliphatic carbocycles. The van der Waals surface area contributed by atoms with Crippen LogP contribution in [0.1, 0.15) is 12.8 Å². The Morgan fingerprint density at radius 2 is 2.33 bits per heavy atom. The number of phosphoric ester groups is 1. The van der Waals surface area contributed by atoms with E-state index in [-0.39, 0.29) is 12.5 Å². The molecule has 1 rings (SSSR count). The summed E-state index contributed by atoms with van der Waals surface area (Å²) in [4.78, 5) is 16.8.